The average Bonchev–Trinajstić information content (AvgIpc) is 3.31. The minimum atomic E-state index is -0.769. The first kappa shape index (κ1) is 63.9. The van der Waals surface area contributed by atoms with Gasteiger partial charge in [0.1, 0.15) is 13.2 Å². The molecule has 0 N–H and O–H groups in total. The molecule has 0 bridgehead atoms. The lowest BCUT2D eigenvalue weighted by Crippen LogP contribution is -2.30. The highest BCUT2D eigenvalue weighted by atomic mass is 16.6. The van der Waals surface area contributed by atoms with Gasteiger partial charge in [-0.05, 0) is 70.6 Å². The summed E-state index contributed by atoms with van der Waals surface area (Å²) in [7, 11) is 0. The molecule has 66 heavy (non-hydrogen) atoms. The maximum Gasteiger partial charge on any atom is 0.306 e. The van der Waals surface area contributed by atoms with Crippen molar-refractivity contribution in [1.29, 1.82) is 0 Å². The van der Waals surface area contributed by atoms with Crippen molar-refractivity contribution in [2.24, 2.45) is 0 Å². The summed E-state index contributed by atoms with van der Waals surface area (Å²) in [5.41, 5.74) is 0. The Bertz CT molecular complexity index is 1070. The van der Waals surface area contributed by atoms with Gasteiger partial charge < -0.3 is 14.2 Å². The van der Waals surface area contributed by atoms with E-state index in [0.717, 1.165) is 57.8 Å². The van der Waals surface area contributed by atoms with Gasteiger partial charge in [0, 0.05) is 19.3 Å². The molecule has 0 aliphatic heterocycles. The van der Waals surface area contributed by atoms with E-state index in [1.807, 2.05) is 0 Å². The standard InChI is InChI=1S/C60H112O6/c1-4-7-10-13-16-19-22-25-27-28-29-30-31-32-34-36-39-42-45-48-51-54-60(63)66-57(55-64-58(61)52-49-46-43-40-37-24-21-18-15-12-9-6-3)56-65-59(62)53-50-47-44-41-38-35-33-26-23-20-17-14-11-8-5-2/h20,23,25,27,57H,4-19,21-22,24,26,28-56H2,1-3H3/b23-20-,27-25-/t57-/m0/s1. The molecule has 0 aliphatic rings. The van der Waals surface area contributed by atoms with Crippen LogP contribution >= 0.6 is 0 Å². The zero-order valence-electron chi connectivity index (χ0n) is 44.5. The second-order valence-corrected chi connectivity index (χ2v) is 19.9. The smallest absolute Gasteiger partial charge is 0.306 e. The molecular formula is C60H112O6. The minimum Gasteiger partial charge on any atom is -0.462 e. The van der Waals surface area contributed by atoms with Gasteiger partial charge in [0.25, 0.3) is 0 Å². The molecule has 0 saturated carbocycles. The van der Waals surface area contributed by atoms with E-state index >= 15 is 0 Å². The Morgan fingerprint density at radius 2 is 0.500 bits per heavy atom. The number of unbranched alkanes of at least 4 members (excludes halogenated alkanes) is 39. The molecule has 6 nitrogen and oxygen atoms in total. The van der Waals surface area contributed by atoms with Crippen LogP contribution in [0.1, 0.15) is 323 Å². The van der Waals surface area contributed by atoms with Crippen molar-refractivity contribution >= 4 is 17.9 Å². The monoisotopic (exact) mass is 929 g/mol. The van der Waals surface area contributed by atoms with E-state index in [1.165, 1.54) is 225 Å². The summed E-state index contributed by atoms with van der Waals surface area (Å²) >= 11 is 0. The number of esters is 3. The fourth-order valence-electron chi connectivity index (χ4n) is 8.73. The highest BCUT2D eigenvalue weighted by Gasteiger charge is 2.19. The van der Waals surface area contributed by atoms with Gasteiger partial charge in [-0.1, -0.05) is 257 Å². The minimum absolute atomic E-state index is 0.0682. The number of ether oxygens (including phenoxy) is 3. The Morgan fingerprint density at radius 1 is 0.288 bits per heavy atom. The molecule has 0 saturated heterocycles. The van der Waals surface area contributed by atoms with E-state index in [-0.39, 0.29) is 31.1 Å². The SMILES string of the molecule is CCCCCC/C=C\CCCCCCCCCC(=O)OC[C@H](COC(=O)CCCCCCCCCCCCCC)OC(=O)CCCCCCCCCCCCC/C=C\CCCCCCCC. The Labute approximate surface area is 411 Å². The highest BCUT2D eigenvalue weighted by molar-refractivity contribution is 5.71. The maximum absolute atomic E-state index is 12.9. The third-order valence-electron chi connectivity index (χ3n) is 13.2. The van der Waals surface area contributed by atoms with Crippen molar-refractivity contribution in [1.82, 2.24) is 0 Å². The van der Waals surface area contributed by atoms with Crippen molar-refractivity contribution in [3.8, 4) is 0 Å². The lowest BCUT2D eigenvalue weighted by molar-refractivity contribution is -0.167. The van der Waals surface area contributed by atoms with Gasteiger partial charge in [0.05, 0.1) is 0 Å². The maximum atomic E-state index is 12.9. The summed E-state index contributed by atoms with van der Waals surface area (Å²) in [4.78, 5) is 38.1. The number of rotatable bonds is 54. The van der Waals surface area contributed by atoms with Crippen LogP contribution < -0.4 is 0 Å². The molecule has 388 valence electrons. The lowest BCUT2D eigenvalue weighted by atomic mass is 10.0. The molecule has 0 radical (unpaired) electrons. The molecule has 0 heterocycles. The van der Waals surface area contributed by atoms with E-state index in [4.69, 9.17) is 14.2 Å². The van der Waals surface area contributed by atoms with Crippen LogP contribution in [0.25, 0.3) is 0 Å². The van der Waals surface area contributed by atoms with Gasteiger partial charge in [0.2, 0.25) is 0 Å². The largest absolute Gasteiger partial charge is 0.462 e. The summed E-state index contributed by atoms with van der Waals surface area (Å²) in [5.74, 6) is -0.854. The van der Waals surface area contributed by atoms with Crippen LogP contribution in [-0.4, -0.2) is 37.2 Å². The van der Waals surface area contributed by atoms with Crippen molar-refractivity contribution in [2.75, 3.05) is 13.2 Å². The molecule has 0 spiro atoms. The second-order valence-electron chi connectivity index (χ2n) is 19.9. The quantitative estimate of drug-likeness (QED) is 0.0262. The summed E-state index contributed by atoms with van der Waals surface area (Å²) < 4.78 is 16.9. The molecule has 1 atom stereocenters. The van der Waals surface area contributed by atoms with Crippen molar-refractivity contribution in [3.05, 3.63) is 24.3 Å². The Kier molecular flexibility index (Phi) is 53.7. The van der Waals surface area contributed by atoms with Crippen LogP contribution in [0.4, 0.5) is 0 Å². The number of hydrogen-bond donors (Lipinski definition) is 0. The molecule has 0 amide bonds. The van der Waals surface area contributed by atoms with Gasteiger partial charge in [0.15, 0.2) is 6.10 Å². The molecule has 0 fully saturated rings. The average molecular weight is 930 g/mol. The normalized spacial score (nSPS) is 12.1. The number of allylic oxidation sites excluding steroid dienone is 4. The summed E-state index contributed by atoms with van der Waals surface area (Å²) in [6.45, 7) is 6.66. The van der Waals surface area contributed by atoms with Crippen LogP contribution in [0.15, 0.2) is 24.3 Å². The van der Waals surface area contributed by atoms with Crippen LogP contribution in [0.5, 0.6) is 0 Å². The Balaban J connectivity index is 4.29. The molecule has 0 rings (SSSR count). The Morgan fingerprint density at radius 3 is 0.773 bits per heavy atom. The first-order valence-electron chi connectivity index (χ1n) is 29.3. The lowest BCUT2D eigenvalue weighted by Gasteiger charge is -2.18. The second kappa shape index (κ2) is 55.5. The van der Waals surface area contributed by atoms with Crippen LogP contribution in [0, 0.1) is 0 Å². The predicted molar refractivity (Wildman–Crippen MR) is 284 cm³/mol. The fraction of sp³-hybridized carbons (Fsp3) is 0.883. The molecule has 6 heteroatoms. The Hall–Kier alpha value is -2.11. The van der Waals surface area contributed by atoms with Crippen molar-refractivity contribution in [2.45, 2.75) is 329 Å². The van der Waals surface area contributed by atoms with Gasteiger partial charge in [-0.25, -0.2) is 0 Å². The zero-order valence-corrected chi connectivity index (χ0v) is 44.5. The summed E-state index contributed by atoms with van der Waals surface area (Å²) in [6.07, 6.45) is 64.5. The van der Waals surface area contributed by atoms with Gasteiger partial charge >= 0.3 is 17.9 Å². The van der Waals surface area contributed by atoms with Crippen molar-refractivity contribution in [3.63, 3.8) is 0 Å². The highest BCUT2D eigenvalue weighted by Crippen LogP contribution is 2.17. The number of hydrogen-bond acceptors (Lipinski definition) is 6. The van der Waals surface area contributed by atoms with Gasteiger partial charge in [-0.2, -0.15) is 0 Å². The molecule has 0 aliphatic carbocycles. The number of carbonyl (C=O) groups excluding carboxylic acids is 3. The van der Waals surface area contributed by atoms with Crippen LogP contribution in [0.2, 0.25) is 0 Å². The van der Waals surface area contributed by atoms with E-state index in [9.17, 15) is 14.4 Å². The molecule has 0 aromatic heterocycles. The van der Waals surface area contributed by atoms with Gasteiger partial charge in [-0.3, -0.25) is 14.4 Å². The number of carbonyl (C=O) groups is 3. The van der Waals surface area contributed by atoms with E-state index in [0.29, 0.717) is 19.3 Å². The molecule has 0 aromatic rings. The zero-order chi connectivity index (χ0) is 47.9. The first-order chi connectivity index (χ1) is 32.5. The van der Waals surface area contributed by atoms with E-state index in [1.54, 1.807) is 0 Å². The first-order valence-corrected chi connectivity index (χ1v) is 29.3. The molecule has 0 aromatic carbocycles. The topological polar surface area (TPSA) is 78.9 Å². The molecular weight excluding hydrogens is 817 g/mol. The summed E-state index contributed by atoms with van der Waals surface area (Å²) in [6, 6.07) is 0. The third kappa shape index (κ3) is 52.9. The van der Waals surface area contributed by atoms with E-state index < -0.39 is 6.10 Å². The molecule has 0 unspecified atom stereocenters. The predicted octanol–water partition coefficient (Wildman–Crippen LogP) is 19.5. The van der Waals surface area contributed by atoms with Crippen molar-refractivity contribution < 1.29 is 28.6 Å². The van der Waals surface area contributed by atoms with Gasteiger partial charge in [-0.15, -0.1) is 0 Å². The summed E-state index contributed by atoms with van der Waals surface area (Å²) in [5, 5.41) is 0. The van der Waals surface area contributed by atoms with Crippen LogP contribution in [0.3, 0.4) is 0 Å². The van der Waals surface area contributed by atoms with Crippen LogP contribution in [-0.2, 0) is 28.6 Å². The van der Waals surface area contributed by atoms with E-state index in [2.05, 4.69) is 45.1 Å². The fourth-order valence-corrected chi connectivity index (χ4v) is 8.73. The third-order valence-corrected chi connectivity index (χ3v) is 13.2.